The SMILES string of the molecule is CCCC(CCCCCC(CC)C(=O)OC)C(=O)O. The molecule has 0 heterocycles. The number of carbonyl (C=O) groups is 2. The molecule has 0 bridgehead atoms. The first-order valence-corrected chi connectivity index (χ1v) is 7.37. The molecule has 0 saturated heterocycles. The zero-order chi connectivity index (χ0) is 14.7. The Labute approximate surface area is 116 Å². The molecule has 0 aliphatic rings. The fourth-order valence-corrected chi connectivity index (χ4v) is 2.35. The number of hydrogen-bond acceptors (Lipinski definition) is 3. The lowest BCUT2D eigenvalue weighted by Gasteiger charge is -2.13. The lowest BCUT2D eigenvalue weighted by molar-refractivity contribution is -0.145. The van der Waals surface area contributed by atoms with Crippen molar-refractivity contribution < 1.29 is 19.4 Å². The van der Waals surface area contributed by atoms with Crippen LogP contribution in [0.25, 0.3) is 0 Å². The molecule has 0 aromatic rings. The molecule has 1 N–H and O–H groups in total. The summed E-state index contributed by atoms with van der Waals surface area (Å²) in [6, 6.07) is 0. The highest BCUT2D eigenvalue weighted by Crippen LogP contribution is 2.19. The van der Waals surface area contributed by atoms with E-state index in [2.05, 4.69) is 0 Å². The predicted octanol–water partition coefficient (Wildman–Crippen LogP) is 3.64. The van der Waals surface area contributed by atoms with Crippen LogP contribution in [0.1, 0.15) is 65.2 Å². The summed E-state index contributed by atoms with van der Waals surface area (Å²) in [7, 11) is 1.42. The summed E-state index contributed by atoms with van der Waals surface area (Å²) in [5.74, 6) is -1.01. The van der Waals surface area contributed by atoms with Crippen LogP contribution in [0.2, 0.25) is 0 Å². The van der Waals surface area contributed by atoms with Gasteiger partial charge in [-0.05, 0) is 25.7 Å². The summed E-state index contributed by atoms with van der Waals surface area (Å²) in [6.07, 6.45) is 6.95. The van der Waals surface area contributed by atoms with E-state index in [1.165, 1.54) is 7.11 Å². The summed E-state index contributed by atoms with van der Waals surface area (Å²) in [5, 5.41) is 9.03. The molecule has 4 heteroatoms. The topological polar surface area (TPSA) is 63.6 Å². The van der Waals surface area contributed by atoms with E-state index in [1.807, 2.05) is 13.8 Å². The van der Waals surface area contributed by atoms with Gasteiger partial charge in [-0.3, -0.25) is 9.59 Å². The number of carboxylic acid groups (broad SMARTS) is 1. The van der Waals surface area contributed by atoms with Crippen molar-refractivity contribution >= 4 is 11.9 Å². The fourth-order valence-electron chi connectivity index (χ4n) is 2.35. The number of rotatable bonds is 11. The lowest BCUT2D eigenvalue weighted by atomic mass is 9.94. The highest BCUT2D eigenvalue weighted by molar-refractivity contribution is 5.72. The van der Waals surface area contributed by atoms with E-state index >= 15 is 0 Å². The Morgan fingerprint density at radius 2 is 1.58 bits per heavy atom. The van der Waals surface area contributed by atoms with Crippen molar-refractivity contribution in [3.8, 4) is 0 Å². The van der Waals surface area contributed by atoms with Crippen LogP contribution >= 0.6 is 0 Å². The molecule has 0 fully saturated rings. The number of aliphatic carboxylic acids is 1. The summed E-state index contributed by atoms with van der Waals surface area (Å²) >= 11 is 0. The monoisotopic (exact) mass is 272 g/mol. The van der Waals surface area contributed by atoms with Crippen LogP contribution in [0.15, 0.2) is 0 Å². The van der Waals surface area contributed by atoms with Crippen molar-refractivity contribution in [3.05, 3.63) is 0 Å². The van der Waals surface area contributed by atoms with Gasteiger partial charge in [0.05, 0.1) is 18.9 Å². The number of ether oxygens (including phenoxy) is 1. The molecule has 19 heavy (non-hydrogen) atoms. The second-order valence-corrected chi connectivity index (χ2v) is 5.09. The van der Waals surface area contributed by atoms with Crippen molar-refractivity contribution in [2.24, 2.45) is 11.8 Å². The molecule has 0 aromatic carbocycles. The molecule has 0 spiro atoms. The van der Waals surface area contributed by atoms with Gasteiger partial charge in [-0.25, -0.2) is 0 Å². The van der Waals surface area contributed by atoms with Crippen LogP contribution in [-0.4, -0.2) is 24.2 Å². The minimum Gasteiger partial charge on any atom is -0.481 e. The third-order valence-corrected chi connectivity index (χ3v) is 3.62. The van der Waals surface area contributed by atoms with E-state index in [4.69, 9.17) is 9.84 Å². The van der Waals surface area contributed by atoms with Gasteiger partial charge in [-0.15, -0.1) is 0 Å². The Bertz CT molecular complexity index is 259. The van der Waals surface area contributed by atoms with Crippen molar-refractivity contribution in [2.45, 2.75) is 65.2 Å². The maximum absolute atomic E-state index is 11.4. The third kappa shape index (κ3) is 7.85. The Morgan fingerprint density at radius 3 is 2.00 bits per heavy atom. The largest absolute Gasteiger partial charge is 0.481 e. The minimum absolute atomic E-state index is 0.00378. The molecule has 0 rings (SSSR count). The maximum atomic E-state index is 11.4. The first kappa shape index (κ1) is 17.9. The first-order valence-electron chi connectivity index (χ1n) is 7.37. The standard InChI is InChI=1S/C15H28O4/c1-4-9-13(14(16)17)11-8-6-7-10-12(5-2)15(18)19-3/h12-13H,4-11H2,1-3H3,(H,16,17). The molecule has 0 aliphatic carbocycles. The summed E-state index contributed by atoms with van der Waals surface area (Å²) < 4.78 is 4.75. The Morgan fingerprint density at radius 1 is 1.00 bits per heavy atom. The summed E-state index contributed by atoms with van der Waals surface area (Å²) in [5.41, 5.74) is 0. The van der Waals surface area contributed by atoms with Gasteiger partial charge in [-0.2, -0.15) is 0 Å². The molecule has 0 saturated carbocycles. The van der Waals surface area contributed by atoms with Gasteiger partial charge in [0.2, 0.25) is 0 Å². The molecule has 4 nitrogen and oxygen atoms in total. The van der Waals surface area contributed by atoms with E-state index in [-0.39, 0.29) is 17.8 Å². The van der Waals surface area contributed by atoms with Gasteiger partial charge in [0.15, 0.2) is 0 Å². The van der Waals surface area contributed by atoms with E-state index < -0.39 is 5.97 Å². The normalized spacial score (nSPS) is 13.8. The van der Waals surface area contributed by atoms with Crippen LogP contribution in [0.5, 0.6) is 0 Å². The number of esters is 1. The smallest absolute Gasteiger partial charge is 0.308 e. The van der Waals surface area contributed by atoms with Crippen LogP contribution in [0.3, 0.4) is 0 Å². The number of carbonyl (C=O) groups excluding carboxylic acids is 1. The highest BCUT2D eigenvalue weighted by Gasteiger charge is 2.17. The van der Waals surface area contributed by atoms with E-state index in [9.17, 15) is 9.59 Å². The molecular weight excluding hydrogens is 244 g/mol. The highest BCUT2D eigenvalue weighted by atomic mass is 16.5. The molecule has 0 aromatic heterocycles. The fraction of sp³-hybridized carbons (Fsp3) is 0.867. The average molecular weight is 272 g/mol. The second-order valence-electron chi connectivity index (χ2n) is 5.09. The number of hydrogen-bond donors (Lipinski definition) is 1. The van der Waals surface area contributed by atoms with Gasteiger partial charge in [0.25, 0.3) is 0 Å². The molecule has 2 atom stereocenters. The predicted molar refractivity (Wildman–Crippen MR) is 74.9 cm³/mol. The number of unbranched alkanes of at least 4 members (excludes halogenated alkanes) is 2. The van der Waals surface area contributed by atoms with E-state index in [0.29, 0.717) is 0 Å². The molecular formula is C15H28O4. The van der Waals surface area contributed by atoms with Gasteiger partial charge < -0.3 is 9.84 Å². The van der Waals surface area contributed by atoms with Crippen molar-refractivity contribution in [1.29, 1.82) is 0 Å². The van der Waals surface area contributed by atoms with Crippen LogP contribution in [-0.2, 0) is 14.3 Å². The Hall–Kier alpha value is -1.06. The first-order chi connectivity index (χ1) is 9.06. The zero-order valence-corrected chi connectivity index (χ0v) is 12.5. The van der Waals surface area contributed by atoms with Gasteiger partial charge in [-0.1, -0.05) is 39.5 Å². The number of methoxy groups -OCH3 is 1. The summed E-state index contributed by atoms with van der Waals surface area (Å²) in [6.45, 7) is 4.00. The quantitative estimate of drug-likeness (QED) is 0.461. The van der Waals surface area contributed by atoms with Gasteiger partial charge in [0.1, 0.15) is 0 Å². The second kappa shape index (κ2) is 10.8. The van der Waals surface area contributed by atoms with Crippen molar-refractivity contribution in [3.63, 3.8) is 0 Å². The van der Waals surface area contributed by atoms with Crippen molar-refractivity contribution in [1.82, 2.24) is 0 Å². The third-order valence-electron chi connectivity index (χ3n) is 3.62. The van der Waals surface area contributed by atoms with Gasteiger partial charge in [0, 0.05) is 0 Å². The van der Waals surface area contributed by atoms with E-state index in [0.717, 1.165) is 51.4 Å². The zero-order valence-electron chi connectivity index (χ0n) is 12.5. The molecule has 0 amide bonds. The molecule has 2 unspecified atom stereocenters. The van der Waals surface area contributed by atoms with Gasteiger partial charge >= 0.3 is 11.9 Å². The Balaban J connectivity index is 3.78. The minimum atomic E-state index is -0.678. The molecule has 0 aliphatic heterocycles. The lowest BCUT2D eigenvalue weighted by Crippen LogP contribution is -2.15. The average Bonchev–Trinajstić information content (AvgIpc) is 2.40. The van der Waals surface area contributed by atoms with Crippen LogP contribution < -0.4 is 0 Å². The number of carboxylic acids is 1. The van der Waals surface area contributed by atoms with E-state index in [1.54, 1.807) is 0 Å². The van der Waals surface area contributed by atoms with Crippen molar-refractivity contribution in [2.75, 3.05) is 7.11 Å². The maximum Gasteiger partial charge on any atom is 0.308 e. The Kier molecular flexibility index (Phi) is 10.2. The summed E-state index contributed by atoms with van der Waals surface area (Å²) in [4.78, 5) is 22.4. The van der Waals surface area contributed by atoms with Crippen LogP contribution in [0.4, 0.5) is 0 Å². The molecule has 0 radical (unpaired) electrons. The van der Waals surface area contributed by atoms with Crippen LogP contribution in [0, 0.1) is 11.8 Å². The molecule has 112 valence electrons.